The molecule has 1 unspecified atom stereocenters. The van der Waals surface area contributed by atoms with E-state index in [0.717, 1.165) is 45.7 Å². The van der Waals surface area contributed by atoms with Crippen LogP contribution in [-0.2, 0) is 9.53 Å². The number of carbonyl (C=O) groups is 1. The molecule has 4 heteroatoms. The first-order valence-corrected chi connectivity index (χ1v) is 8.29. The van der Waals surface area contributed by atoms with Crippen LogP contribution in [-0.4, -0.2) is 38.8 Å². The molecule has 1 aliphatic rings. The molecular formula is C16H32N2O2. The van der Waals surface area contributed by atoms with E-state index in [0.29, 0.717) is 18.3 Å². The molecular weight excluding hydrogens is 252 g/mol. The molecule has 1 aliphatic heterocycles. The summed E-state index contributed by atoms with van der Waals surface area (Å²) in [7, 11) is 0. The van der Waals surface area contributed by atoms with Crippen molar-refractivity contribution in [2.24, 2.45) is 11.8 Å². The largest absolute Gasteiger partial charge is 0.381 e. The van der Waals surface area contributed by atoms with Gasteiger partial charge in [0.05, 0.1) is 0 Å². The molecule has 0 aliphatic carbocycles. The fourth-order valence-electron chi connectivity index (χ4n) is 2.70. The number of piperidine rings is 1. The van der Waals surface area contributed by atoms with E-state index in [1.807, 2.05) is 0 Å². The van der Waals surface area contributed by atoms with Gasteiger partial charge in [-0.1, -0.05) is 20.3 Å². The van der Waals surface area contributed by atoms with Crippen LogP contribution in [0.5, 0.6) is 0 Å². The van der Waals surface area contributed by atoms with Crippen LogP contribution >= 0.6 is 0 Å². The molecule has 0 saturated carbocycles. The molecule has 0 bridgehead atoms. The molecule has 1 rings (SSSR count). The third kappa shape index (κ3) is 7.85. The Morgan fingerprint density at radius 2 is 2.00 bits per heavy atom. The van der Waals surface area contributed by atoms with Crippen LogP contribution in [0.1, 0.15) is 52.4 Å². The molecule has 1 saturated heterocycles. The average Bonchev–Trinajstić information content (AvgIpc) is 2.47. The summed E-state index contributed by atoms with van der Waals surface area (Å²) in [5.74, 6) is 1.40. The van der Waals surface area contributed by atoms with E-state index in [9.17, 15) is 4.79 Å². The molecule has 1 amide bonds. The van der Waals surface area contributed by atoms with Crippen LogP contribution in [0.15, 0.2) is 0 Å². The predicted octanol–water partition coefficient (Wildman–Crippen LogP) is 2.34. The van der Waals surface area contributed by atoms with Crippen molar-refractivity contribution in [3.63, 3.8) is 0 Å². The number of nitrogens with one attached hydrogen (secondary N) is 2. The third-order valence-corrected chi connectivity index (χ3v) is 4.13. The second-order valence-corrected chi connectivity index (χ2v) is 5.94. The summed E-state index contributed by atoms with van der Waals surface area (Å²) in [6.45, 7) is 8.92. The quantitative estimate of drug-likeness (QED) is 0.605. The Hall–Kier alpha value is -0.610. The zero-order valence-electron chi connectivity index (χ0n) is 13.2. The predicted molar refractivity (Wildman–Crippen MR) is 82.7 cm³/mol. The number of hydrogen-bond acceptors (Lipinski definition) is 3. The minimum absolute atomic E-state index is 0.199. The summed E-state index contributed by atoms with van der Waals surface area (Å²) >= 11 is 0. The SMILES string of the molecule is CCCCOCCCNC(=O)CC(C)C1CCNCC1. The summed E-state index contributed by atoms with van der Waals surface area (Å²) in [6, 6.07) is 0. The van der Waals surface area contributed by atoms with E-state index in [4.69, 9.17) is 4.74 Å². The zero-order chi connectivity index (χ0) is 14.6. The summed E-state index contributed by atoms with van der Waals surface area (Å²) < 4.78 is 5.47. The highest BCUT2D eigenvalue weighted by molar-refractivity contribution is 5.76. The Balaban J connectivity index is 1.99. The van der Waals surface area contributed by atoms with Crippen LogP contribution < -0.4 is 10.6 Å². The van der Waals surface area contributed by atoms with Crippen molar-refractivity contribution in [2.45, 2.75) is 52.4 Å². The smallest absolute Gasteiger partial charge is 0.220 e. The van der Waals surface area contributed by atoms with E-state index < -0.39 is 0 Å². The van der Waals surface area contributed by atoms with Crippen molar-refractivity contribution < 1.29 is 9.53 Å². The van der Waals surface area contributed by atoms with E-state index in [-0.39, 0.29) is 5.91 Å². The van der Waals surface area contributed by atoms with Gasteiger partial charge >= 0.3 is 0 Å². The van der Waals surface area contributed by atoms with Crippen molar-refractivity contribution in [1.29, 1.82) is 0 Å². The summed E-state index contributed by atoms with van der Waals surface area (Å²) in [6.07, 6.45) is 6.30. The fraction of sp³-hybridized carbons (Fsp3) is 0.938. The molecule has 0 aromatic carbocycles. The number of rotatable bonds is 10. The fourth-order valence-corrected chi connectivity index (χ4v) is 2.70. The molecule has 0 aromatic heterocycles. The first kappa shape index (κ1) is 17.4. The Morgan fingerprint density at radius 1 is 1.30 bits per heavy atom. The Labute approximate surface area is 124 Å². The maximum Gasteiger partial charge on any atom is 0.220 e. The molecule has 118 valence electrons. The lowest BCUT2D eigenvalue weighted by Crippen LogP contribution is -2.33. The Morgan fingerprint density at radius 3 is 2.70 bits per heavy atom. The molecule has 0 radical (unpaired) electrons. The van der Waals surface area contributed by atoms with Gasteiger partial charge in [-0.15, -0.1) is 0 Å². The zero-order valence-corrected chi connectivity index (χ0v) is 13.2. The number of unbranched alkanes of at least 4 members (excludes halogenated alkanes) is 1. The first-order valence-electron chi connectivity index (χ1n) is 8.29. The van der Waals surface area contributed by atoms with Crippen LogP contribution in [0.4, 0.5) is 0 Å². The molecule has 4 nitrogen and oxygen atoms in total. The highest BCUT2D eigenvalue weighted by atomic mass is 16.5. The van der Waals surface area contributed by atoms with Crippen molar-refractivity contribution in [2.75, 3.05) is 32.8 Å². The lowest BCUT2D eigenvalue weighted by Gasteiger charge is -2.27. The van der Waals surface area contributed by atoms with Gasteiger partial charge < -0.3 is 15.4 Å². The standard InChI is InChI=1S/C16H32N2O2/c1-3-4-11-20-12-5-8-18-16(19)13-14(2)15-6-9-17-10-7-15/h14-15,17H,3-13H2,1-2H3,(H,18,19). The van der Waals surface area contributed by atoms with Crippen LogP contribution in [0.2, 0.25) is 0 Å². The summed E-state index contributed by atoms with van der Waals surface area (Å²) in [4.78, 5) is 11.9. The second-order valence-electron chi connectivity index (χ2n) is 5.94. The van der Waals surface area contributed by atoms with Gasteiger partial charge in [0.25, 0.3) is 0 Å². The number of amides is 1. The second kappa shape index (κ2) is 11.1. The maximum atomic E-state index is 11.9. The number of carbonyl (C=O) groups excluding carboxylic acids is 1. The van der Waals surface area contributed by atoms with Gasteiger partial charge in [-0.3, -0.25) is 4.79 Å². The summed E-state index contributed by atoms with van der Waals surface area (Å²) in [5.41, 5.74) is 0. The summed E-state index contributed by atoms with van der Waals surface area (Å²) in [5, 5.41) is 6.38. The Bertz CT molecular complexity index is 253. The van der Waals surface area contributed by atoms with Crippen molar-refractivity contribution >= 4 is 5.91 Å². The highest BCUT2D eigenvalue weighted by Gasteiger charge is 2.21. The van der Waals surface area contributed by atoms with Crippen molar-refractivity contribution in [3.05, 3.63) is 0 Å². The van der Waals surface area contributed by atoms with Gasteiger partial charge in [-0.25, -0.2) is 0 Å². The molecule has 1 fully saturated rings. The van der Waals surface area contributed by atoms with E-state index in [1.54, 1.807) is 0 Å². The van der Waals surface area contributed by atoms with Crippen molar-refractivity contribution in [1.82, 2.24) is 10.6 Å². The number of ether oxygens (including phenoxy) is 1. The monoisotopic (exact) mass is 284 g/mol. The minimum atomic E-state index is 0.199. The lowest BCUT2D eigenvalue weighted by atomic mass is 9.84. The topological polar surface area (TPSA) is 50.4 Å². The van der Waals surface area contributed by atoms with Crippen LogP contribution in [0, 0.1) is 11.8 Å². The third-order valence-electron chi connectivity index (χ3n) is 4.13. The van der Waals surface area contributed by atoms with Crippen LogP contribution in [0.25, 0.3) is 0 Å². The molecule has 1 atom stereocenters. The average molecular weight is 284 g/mol. The molecule has 1 heterocycles. The molecule has 0 spiro atoms. The highest BCUT2D eigenvalue weighted by Crippen LogP contribution is 2.23. The van der Waals surface area contributed by atoms with E-state index >= 15 is 0 Å². The lowest BCUT2D eigenvalue weighted by molar-refractivity contribution is -0.122. The normalized spacial score (nSPS) is 17.9. The van der Waals surface area contributed by atoms with Gasteiger partial charge in [-0.2, -0.15) is 0 Å². The number of hydrogen-bond donors (Lipinski definition) is 2. The van der Waals surface area contributed by atoms with E-state index in [2.05, 4.69) is 24.5 Å². The van der Waals surface area contributed by atoms with Gasteiger partial charge in [0, 0.05) is 26.2 Å². The van der Waals surface area contributed by atoms with Gasteiger partial charge in [0.2, 0.25) is 5.91 Å². The Kier molecular flexibility index (Phi) is 9.67. The van der Waals surface area contributed by atoms with Gasteiger partial charge in [-0.05, 0) is 50.6 Å². The minimum Gasteiger partial charge on any atom is -0.381 e. The van der Waals surface area contributed by atoms with Gasteiger partial charge in [0.1, 0.15) is 0 Å². The first-order chi connectivity index (χ1) is 9.74. The molecule has 0 aromatic rings. The van der Waals surface area contributed by atoms with E-state index in [1.165, 1.54) is 19.3 Å². The molecule has 2 N–H and O–H groups in total. The maximum absolute atomic E-state index is 11.9. The molecule has 20 heavy (non-hydrogen) atoms. The van der Waals surface area contributed by atoms with Crippen molar-refractivity contribution in [3.8, 4) is 0 Å². The van der Waals surface area contributed by atoms with Crippen LogP contribution in [0.3, 0.4) is 0 Å². The van der Waals surface area contributed by atoms with Gasteiger partial charge in [0.15, 0.2) is 0 Å².